The Bertz CT molecular complexity index is 3230. The van der Waals surface area contributed by atoms with Gasteiger partial charge in [-0.15, -0.1) is 0 Å². The molecule has 0 aliphatic heterocycles. The lowest BCUT2D eigenvalue weighted by Gasteiger charge is -2.27. The molecule has 2 heteroatoms. The highest BCUT2D eigenvalue weighted by Crippen LogP contribution is 2.45. The number of benzene rings is 10. The lowest BCUT2D eigenvalue weighted by molar-refractivity contribution is 1.18. The van der Waals surface area contributed by atoms with E-state index in [1.54, 1.807) is 0 Å². The topological polar surface area (TPSA) is 8.17 Å². The van der Waals surface area contributed by atoms with Crippen LogP contribution < -0.4 is 4.90 Å². The minimum atomic E-state index is 1.10. The molecule has 10 aromatic carbocycles. The fourth-order valence-electron chi connectivity index (χ4n) is 8.82. The molecule has 0 unspecified atom stereocenters. The summed E-state index contributed by atoms with van der Waals surface area (Å²) in [5.41, 5.74) is 11.6. The molecule has 0 bridgehead atoms. The van der Waals surface area contributed by atoms with Gasteiger partial charge < -0.3 is 9.47 Å². The normalized spacial score (nSPS) is 11.6. The van der Waals surface area contributed by atoms with Gasteiger partial charge in [0.25, 0.3) is 0 Å². The zero-order valence-electron chi connectivity index (χ0n) is 30.7. The van der Waals surface area contributed by atoms with Crippen LogP contribution in [0, 0.1) is 0 Å². The second-order valence-corrected chi connectivity index (χ2v) is 14.5. The molecule has 0 radical (unpaired) electrons. The molecule has 0 saturated heterocycles. The first-order valence-electron chi connectivity index (χ1n) is 19.3. The molecule has 0 aliphatic carbocycles. The molecule has 2 nitrogen and oxygen atoms in total. The Morgan fingerprint density at radius 2 is 0.929 bits per heavy atom. The second-order valence-electron chi connectivity index (χ2n) is 14.5. The Morgan fingerprint density at radius 3 is 1.79 bits per heavy atom. The third-order valence-electron chi connectivity index (χ3n) is 11.4. The molecule has 0 spiro atoms. The maximum absolute atomic E-state index is 2.43. The Labute approximate surface area is 325 Å². The molecule has 262 valence electrons. The van der Waals surface area contributed by atoms with E-state index in [1.165, 1.54) is 76.4 Å². The Morgan fingerprint density at radius 1 is 0.321 bits per heavy atom. The maximum Gasteiger partial charge on any atom is 0.0562 e. The highest BCUT2D eigenvalue weighted by atomic mass is 15.1. The van der Waals surface area contributed by atoms with Gasteiger partial charge in [0.05, 0.1) is 16.7 Å². The van der Waals surface area contributed by atoms with E-state index in [1.807, 2.05) is 0 Å². The van der Waals surface area contributed by atoms with E-state index in [0.717, 1.165) is 22.7 Å². The highest BCUT2D eigenvalue weighted by Gasteiger charge is 2.21. The molecule has 56 heavy (non-hydrogen) atoms. The summed E-state index contributed by atoms with van der Waals surface area (Å²) < 4.78 is 2.39. The molecule has 0 amide bonds. The van der Waals surface area contributed by atoms with Crippen LogP contribution in [0.5, 0.6) is 0 Å². The van der Waals surface area contributed by atoms with Crippen molar-refractivity contribution in [3.8, 4) is 27.9 Å². The molecule has 0 aliphatic rings. The van der Waals surface area contributed by atoms with Gasteiger partial charge in [0.1, 0.15) is 0 Å². The Balaban J connectivity index is 1.10. The van der Waals surface area contributed by atoms with Crippen LogP contribution >= 0.6 is 0 Å². The summed E-state index contributed by atoms with van der Waals surface area (Å²) >= 11 is 0. The van der Waals surface area contributed by atoms with Crippen LogP contribution in [0.25, 0.3) is 82.1 Å². The zero-order chi connectivity index (χ0) is 37.0. The molecule has 0 atom stereocenters. The third-order valence-corrected chi connectivity index (χ3v) is 11.4. The number of fused-ring (bicyclic) bond motifs is 8. The van der Waals surface area contributed by atoms with Crippen LogP contribution in [0.15, 0.2) is 218 Å². The van der Waals surface area contributed by atoms with Crippen molar-refractivity contribution < 1.29 is 0 Å². The van der Waals surface area contributed by atoms with Crippen LogP contribution in [-0.2, 0) is 0 Å². The molecule has 0 N–H and O–H groups in total. The van der Waals surface area contributed by atoms with E-state index in [9.17, 15) is 0 Å². The predicted molar refractivity (Wildman–Crippen MR) is 239 cm³/mol. The standard InChI is InChI=1S/C54H36N2/c1-3-14-37(15-4-1)40-17-11-20-43(36-40)55(52-26-13-27-53-54(52)50-22-9-10-25-51(50)56(53)41-18-5-2-6-19-41)42-31-28-39(29-32-42)45-23-12-24-46-47(45)34-35-48-44-21-8-7-16-38(44)30-33-49(46)48/h1-36H. The number of para-hydroxylation sites is 2. The minimum absolute atomic E-state index is 1.10. The van der Waals surface area contributed by atoms with Gasteiger partial charge >= 0.3 is 0 Å². The predicted octanol–water partition coefficient (Wildman–Crippen LogP) is 15.0. The van der Waals surface area contributed by atoms with Crippen molar-refractivity contribution in [3.63, 3.8) is 0 Å². The van der Waals surface area contributed by atoms with Crippen molar-refractivity contribution in [2.75, 3.05) is 4.90 Å². The first-order valence-corrected chi connectivity index (χ1v) is 19.3. The SMILES string of the molecule is c1ccc(-c2cccc(N(c3ccc(-c4cccc5c4ccc4c6ccccc6ccc54)cc3)c3cccc4c3c3ccccc3n4-c3ccccc3)c2)cc1. The summed E-state index contributed by atoms with van der Waals surface area (Å²) in [6, 6.07) is 79.4. The number of hydrogen-bond acceptors (Lipinski definition) is 1. The van der Waals surface area contributed by atoms with Crippen molar-refractivity contribution in [1.29, 1.82) is 0 Å². The van der Waals surface area contributed by atoms with Crippen molar-refractivity contribution in [2.45, 2.75) is 0 Å². The van der Waals surface area contributed by atoms with E-state index >= 15 is 0 Å². The second kappa shape index (κ2) is 13.2. The van der Waals surface area contributed by atoms with Gasteiger partial charge in [-0.05, 0) is 109 Å². The van der Waals surface area contributed by atoms with E-state index in [0.29, 0.717) is 0 Å². The lowest BCUT2D eigenvalue weighted by atomic mass is 9.92. The van der Waals surface area contributed by atoms with Gasteiger partial charge in [0.15, 0.2) is 0 Å². The van der Waals surface area contributed by atoms with Gasteiger partial charge in [0, 0.05) is 27.8 Å². The molecule has 11 aromatic rings. The largest absolute Gasteiger partial charge is 0.310 e. The van der Waals surface area contributed by atoms with Gasteiger partial charge in [-0.3, -0.25) is 0 Å². The molecule has 1 heterocycles. The summed E-state index contributed by atoms with van der Waals surface area (Å²) in [6.45, 7) is 0. The quantitative estimate of drug-likeness (QED) is 0.156. The van der Waals surface area contributed by atoms with Crippen LogP contribution in [0.2, 0.25) is 0 Å². The van der Waals surface area contributed by atoms with Crippen molar-refractivity contribution in [3.05, 3.63) is 218 Å². The first-order chi connectivity index (χ1) is 27.8. The maximum atomic E-state index is 2.43. The van der Waals surface area contributed by atoms with Crippen LogP contribution in [0.3, 0.4) is 0 Å². The summed E-state index contributed by atoms with van der Waals surface area (Å²) in [6.07, 6.45) is 0. The Kier molecular flexibility index (Phi) is 7.53. The zero-order valence-corrected chi connectivity index (χ0v) is 30.7. The van der Waals surface area contributed by atoms with Gasteiger partial charge in [-0.1, -0.05) is 164 Å². The fourth-order valence-corrected chi connectivity index (χ4v) is 8.82. The van der Waals surface area contributed by atoms with E-state index < -0.39 is 0 Å². The van der Waals surface area contributed by atoms with Crippen molar-refractivity contribution in [2.24, 2.45) is 0 Å². The molecular weight excluding hydrogens is 677 g/mol. The highest BCUT2D eigenvalue weighted by molar-refractivity contribution is 6.20. The average molecular weight is 713 g/mol. The molecule has 0 fully saturated rings. The fraction of sp³-hybridized carbons (Fsp3) is 0. The van der Waals surface area contributed by atoms with E-state index in [2.05, 4.69) is 228 Å². The van der Waals surface area contributed by atoms with Gasteiger partial charge in [-0.2, -0.15) is 0 Å². The first kappa shape index (κ1) is 32.0. The van der Waals surface area contributed by atoms with E-state index in [-0.39, 0.29) is 0 Å². The Hall–Kier alpha value is -7.42. The number of hydrogen-bond donors (Lipinski definition) is 0. The molecule has 11 rings (SSSR count). The molecular formula is C54H36N2. The van der Waals surface area contributed by atoms with Crippen molar-refractivity contribution >= 4 is 71.2 Å². The molecule has 0 saturated carbocycles. The number of rotatable bonds is 6. The summed E-state index contributed by atoms with van der Waals surface area (Å²) in [7, 11) is 0. The van der Waals surface area contributed by atoms with Gasteiger partial charge in [0.2, 0.25) is 0 Å². The minimum Gasteiger partial charge on any atom is -0.310 e. The summed E-state index contributed by atoms with van der Waals surface area (Å²) in [5, 5.41) is 10.1. The summed E-state index contributed by atoms with van der Waals surface area (Å²) in [4.78, 5) is 2.43. The van der Waals surface area contributed by atoms with Crippen LogP contribution in [-0.4, -0.2) is 4.57 Å². The summed E-state index contributed by atoms with van der Waals surface area (Å²) in [5.74, 6) is 0. The molecule has 1 aromatic heterocycles. The van der Waals surface area contributed by atoms with E-state index in [4.69, 9.17) is 0 Å². The lowest BCUT2D eigenvalue weighted by Crippen LogP contribution is -2.10. The average Bonchev–Trinajstić information content (AvgIpc) is 3.62. The van der Waals surface area contributed by atoms with Gasteiger partial charge in [-0.25, -0.2) is 0 Å². The van der Waals surface area contributed by atoms with Crippen molar-refractivity contribution in [1.82, 2.24) is 4.57 Å². The number of nitrogens with zero attached hydrogens (tertiary/aromatic N) is 2. The monoisotopic (exact) mass is 712 g/mol. The number of aromatic nitrogens is 1. The van der Waals surface area contributed by atoms with Crippen LogP contribution in [0.4, 0.5) is 17.1 Å². The third kappa shape index (κ3) is 5.19. The smallest absolute Gasteiger partial charge is 0.0562 e. The number of anilines is 3. The van der Waals surface area contributed by atoms with Crippen LogP contribution in [0.1, 0.15) is 0 Å².